The summed E-state index contributed by atoms with van der Waals surface area (Å²) in [7, 11) is 1.56. The molecule has 6 nitrogen and oxygen atoms in total. The van der Waals surface area contributed by atoms with Crippen LogP contribution in [-0.2, 0) is 0 Å². The van der Waals surface area contributed by atoms with E-state index in [1.807, 2.05) is 48.5 Å². The minimum absolute atomic E-state index is 0.266. The summed E-state index contributed by atoms with van der Waals surface area (Å²) in [6.07, 6.45) is 1.53. The van der Waals surface area contributed by atoms with Gasteiger partial charge in [-0.25, -0.2) is 0 Å². The maximum Gasteiger partial charge on any atom is 0.269 e. The van der Waals surface area contributed by atoms with Crippen LogP contribution in [0.3, 0.4) is 0 Å². The van der Waals surface area contributed by atoms with Crippen molar-refractivity contribution in [2.24, 2.45) is 0 Å². The minimum Gasteiger partial charge on any atom is -0.457 e. The molecule has 0 saturated carbocycles. The zero-order valence-electron chi connectivity index (χ0n) is 16.8. The molecule has 154 valence electrons. The second-order valence-electron chi connectivity index (χ2n) is 6.69. The van der Waals surface area contributed by atoms with Gasteiger partial charge in [-0.15, -0.1) is 0 Å². The third-order valence-electron chi connectivity index (χ3n) is 4.58. The molecular formula is C24H20N4O2S. The molecule has 7 heteroatoms. The van der Waals surface area contributed by atoms with Gasteiger partial charge in [0.15, 0.2) is 5.11 Å². The van der Waals surface area contributed by atoms with Gasteiger partial charge in [0.1, 0.15) is 17.2 Å². The van der Waals surface area contributed by atoms with E-state index in [0.29, 0.717) is 22.3 Å². The second kappa shape index (κ2) is 9.23. The van der Waals surface area contributed by atoms with Crippen LogP contribution in [0.2, 0.25) is 0 Å². The number of thiocarbonyl (C=S) groups is 1. The van der Waals surface area contributed by atoms with Crippen molar-refractivity contribution in [3.8, 4) is 11.5 Å². The maximum absolute atomic E-state index is 11.7. The van der Waals surface area contributed by atoms with Crippen molar-refractivity contribution < 1.29 is 9.53 Å². The SMILES string of the molecule is CNC(=O)c1cc(Oc2ccc(NC(=S)Nc3cccc4ccccc34)cc2)ccn1. The Bertz CT molecular complexity index is 1240. The number of carbonyl (C=O) groups is 1. The van der Waals surface area contributed by atoms with Gasteiger partial charge in [0.05, 0.1) is 0 Å². The van der Waals surface area contributed by atoms with E-state index in [-0.39, 0.29) is 5.91 Å². The normalized spacial score (nSPS) is 10.4. The number of carbonyl (C=O) groups excluding carboxylic acids is 1. The number of benzene rings is 3. The van der Waals surface area contributed by atoms with Crippen molar-refractivity contribution in [3.05, 3.63) is 90.8 Å². The molecule has 0 aliphatic carbocycles. The van der Waals surface area contributed by atoms with Crippen molar-refractivity contribution >= 4 is 45.4 Å². The van der Waals surface area contributed by atoms with Crippen molar-refractivity contribution in [1.29, 1.82) is 0 Å². The molecular weight excluding hydrogens is 408 g/mol. The van der Waals surface area contributed by atoms with Gasteiger partial charge in [-0.2, -0.15) is 0 Å². The summed E-state index contributed by atoms with van der Waals surface area (Å²) in [6, 6.07) is 24.9. The lowest BCUT2D eigenvalue weighted by Gasteiger charge is -2.13. The molecule has 0 radical (unpaired) electrons. The Kier molecular flexibility index (Phi) is 6.05. The Balaban J connectivity index is 1.40. The monoisotopic (exact) mass is 428 g/mol. The Hall–Kier alpha value is -3.97. The molecule has 0 atom stereocenters. The first-order valence-corrected chi connectivity index (χ1v) is 10.0. The van der Waals surface area contributed by atoms with Gasteiger partial charge in [0.2, 0.25) is 0 Å². The third-order valence-corrected chi connectivity index (χ3v) is 4.78. The largest absolute Gasteiger partial charge is 0.457 e. The van der Waals surface area contributed by atoms with Crippen molar-refractivity contribution in [2.75, 3.05) is 17.7 Å². The Morgan fingerprint density at radius 3 is 2.48 bits per heavy atom. The van der Waals surface area contributed by atoms with Crippen LogP contribution >= 0.6 is 12.2 Å². The lowest BCUT2D eigenvalue weighted by molar-refractivity contribution is 0.0958. The number of nitrogens with one attached hydrogen (secondary N) is 3. The topological polar surface area (TPSA) is 75.3 Å². The van der Waals surface area contributed by atoms with Gasteiger partial charge in [0.25, 0.3) is 5.91 Å². The van der Waals surface area contributed by atoms with Crippen LogP contribution in [0.25, 0.3) is 10.8 Å². The molecule has 4 rings (SSSR count). The molecule has 3 aromatic carbocycles. The lowest BCUT2D eigenvalue weighted by atomic mass is 10.1. The fraction of sp³-hybridized carbons (Fsp3) is 0.0417. The van der Waals surface area contributed by atoms with Crippen LogP contribution in [0.5, 0.6) is 11.5 Å². The first-order valence-electron chi connectivity index (χ1n) is 9.64. The molecule has 4 aromatic rings. The quantitative estimate of drug-likeness (QED) is 0.380. The standard InChI is InChI=1S/C24H20N4O2S/c1-25-23(29)22-15-19(13-14-26-22)30-18-11-9-17(10-12-18)27-24(31)28-21-8-4-6-16-5-2-3-7-20(16)21/h2-15H,1H3,(H,25,29)(H2,27,28,31). The Morgan fingerprint density at radius 2 is 1.68 bits per heavy atom. The number of ether oxygens (including phenoxy) is 1. The molecule has 0 spiro atoms. The fourth-order valence-corrected chi connectivity index (χ4v) is 3.32. The zero-order chi connectivity index (χ0) is 21.6. The average Bonchev–Trinajstić information content (AvgIpc) is 2.80. The fourth-order valence-electron chi connectivity index (χ4n) is 3.09. The van der Waals surface area contributed by atoms with Crippen LogP contribution in [0.4, 0.5) is 11.4 Å². The first-order chi connectivity index (χ1) is 15.1. The third kappa shape index (κ3) is 4.96. The number of rotatable bonds is 5. The average molecular weight is 429 g/mol. The maximum atomic E-state index is 11.7. The number of amides is 1. The predicted octanol–water partition coefficient (Wildman–Crippen LogP) is 5.20. The molecule has 0 aliphatic rings. The van der Waals surface area contributed by atoms with E-state index in [4.69, 9.17) is 17.0 Å². The van der Waals surface area contributed by atoms with E-state index in [9.17, 15) is 4.79 Å². The Labute approximate surface area is 185 Å². The van der Waals surface area contributed by atoms with E-state index in [1.165, 1.54) is 6.20 Å². The molecule has 31 heavy (non-hydrogen) atoms. The van der Waals surface area contributed by atoms with E-state index < -0.39 is 0 Å². The van der Waals surface area contributed by atoms with Crippen LogP contribution in [-0.4, -0.2) is 23.1 Å². The molecule has 0 bridgehead atoms. The summed E-state index contributed by atoms with van der Waals surface area (Å²) in [5.74, 6) is 0.896. The van der Waals surface area contributed by atoms with E-state index in [0.717, 1.165) is 22.1 Å². The highest BCUT2D eigenvalue weighted by atomic mass is 32.1. The smallest absolute Gasteiger partial charge is 0.269 e. The minimum atomic E-state index is -0.266. The van der Waals surface area contributed by atoms with Crippen LogP contribution in [0, 0.1) is 0 Å². The van der Waals surface area contributed by atoms with Crippen LogP contribution < -0.4 is 20.7 Å². The van der Waals surface area contributed by atoms with Crippen molar-refractivity contribution in [1.82, 2.24) is 10.3 Å². The van der Waals surface area contributed by atoms with E-state index in [1.54, 1.807) is 19.2 Å². The number of aromatic nitrogens is 1. The highest BCUT2D eigenvalue weighted by Crippen LogP contribution is 2.25. The van der Waals surface area contributed by atoms with E-state index in [2.05, 4.69) is 39.1 Å². The predicted molar refractivity (Wildman–Crippen MR) is 128 cm³/mol. The van der Waals surface area contributed by atoms with Gasteiger partial charge < -0.3 is 20.7 Å². The lowest BCUT2D eigenvalue weighted by Crippen LogP contribution is -2.19. The highest BCUT2D eigenvalue weighted by molar-refractivity contribution is 7.80. The van der Waals surface area contributed by atoms with Gasteiger partial charge in [0, 0.05) is 36.1 Å². The molecule has 3 N–H and O–H groups in total. The molecule has 0 saturated heterocycles. The Morgan fingerprint density at radius 1 is 0.903 bits per heavy atom. The van der Waals surface area contributed by atoms with Gasteiger partial charge in [-0.05, 0) is 54.0 Å². The number of anilines is 2. The number of fused-ring (bicyclic) bond motifs is 1. The van der Waals surface area contributed by atoms with Gasteiger partial charge in [-0.1, -0.05) is 36.4 Å². The molecule has 1 amide bonds. The zero-order valence-corrected chi connectivity index (χ0v) is 17.6. The summed E-state index contributed by atoms with van der Waals surface area (Å²) < 4.78 is 5.82. The summed E-state index contributed by atoms with van der Waals surface area (Å²) >= 11 is 5.47. The number of nitrogens with zero attached hydrogens (tertiary/aromatic N) is 1. The van der Waals surface area contributed by atoms with Gasteiger partial charge >= 0.3 is 0 Å². The summed E-state index contributed by atoms with van der Waals surface area (Å²) in [6.45, 7) is 0. The number of pyridine rings is 1. The molecule has 0 unspecified atom stereocenters. The molecule has 0 fully saturated rings. The number of hydrogen-bond donors (Lipinski definition) is 3. The number of hydrogen-bond acceptors (Lipinski definition) is 4. The molecule has 1 aromatic heterocycles. The second-order valence-corrected chi connectivity index (χ2v) is 7.10. The highest BCUT2D eigenvalue weighted by Gasteiger charge is 2.07. The van der Waals surface area contributed by atoms with Crippen molar-refractivity contribution in [3.63, 3.8) is 0 Å². The van der Waals surface area contributed by atoms with Crippen LogP contribution in [0.1, 0.15) is 10.5 Å². The van der Waals surface area contributed by atoms with Crippen LogP contribution in [0.15, 0.2) is 85.1 Å². The van der Waals surface area contributed by atoms with Crippen molar-refractivity contribution in [2.45, 2.75) is 0 Å². The summed E-state index contributed by atoms with van der Waals surface area (Å²) in [5, 5.41) is 11.7. The summed E-state index contributed by atoms with van der Waals surface area (Å²) in [4.78, 5) is 15.7. The van der Waals surface area contributed by atoms with Gasteiger partial charge in [-0.3, -0.25) is 9.78 Å². The molecule has 0 aliphatic heterocycles. The molecule has 1 heterocycles. The summed E-state index contributed by atoms with van der Waals surface area (Å²) in [5.41, 5.74) is 2.06. The first kappa shape index (κ1) is 20.3. The van der Waals surface area contributed by atoms with E-state index >= 15 is 0 Å².